The summed E-state index contributed by atoms with van der Waals surface area (Å²) in [6.07, 6.45) is 2.93. The van der Waals surface area contributed by atoms with Crippen LogP contribution in [0.5, 0.6) is 0 Å². The van der Waals surface area contributed by atoms with Crippen LogP contribution in [0.2, 0.25) is 0 Å². The molecule has 2 heterocycles. The average molecular weight is 337 g/mol. The van der Waals surface area contributed by atoms with Gasteiger partial charge in [0, 0.05) is 30.4 Å². The molecule has 0 aliphatic carbocycles. The van der Waals surface area contributed by atoms with Gasteiger partial charge in [-0.25, -0.2) is 8.42 Å². The second kappa shape index (κ2) is 6.75. The molecule has 2 rings (SSSR count). The zero-order chi connectivity index (χ0) is 14.8. The van der Waals surface area contributed by atoms with E-state index in [0.29, 0.717) is 22.7 Å². The van der Waals surface area contributed by atoms with Crippen LogP contribution in [0.3, 0.4) is 0 Å². The number of halogens is 1. The Morgan fingerprint density at radius 1 is 1.50 bits per heavy atom. The number of rotatable bonds is 6. The van der Waals surface area contributed by atoms with E-state index < -0.39 is 10.0 Å². The summed E-state index contributed by atoms with van der Waals surface area (Å²) >= 11 is 7.02. The zero-order valence-electron chi connectivity index (χ0n) is 11.9. The molecule has 0 saturated carbocycles. The molecule has 0 amide bonds. The van der Waals surface area contributed by atoms with E-state index in [9.17, 15) is 8.42 Å². The molecule has 20 heavy (non-hydrogen) atoms. The number of sulfonamides is 1. The molecule has 0 N–H and O–H groups in total. The van der Waals surface area contributed by atoms with Crippen molar-refractivity contribution in [3.05, 3.63) is 17.0 Å². The first-order valence-corrected chi connectivity index (χ1v) is 9.55. The lowest BCUT2D eigenvalue weighted by Crippen LogP contribution is -2.39. The molecule has 0 bridgehead atoms. The van der Waals surface area contributed by atoms with Crippen LogP contribution >= 0.6 is 22.9 Å². The number of hydrogen-bond acceptors (Lipinski definition) is 4. The minimum Gasteiger partial charge on any atom is -0.302 e. The normalized spacial score (nSPS) is 20.9. The van der Waals surface area contributed by atoms with Gasteiger partial charge >= 0.3 is 0 Å². The summed E-state index contributed by atoms with van der Waals surface area (Å²) < 4.78 is 27.0. The monoisotopic (exact) mass is 336 g/mol. The second-order valence-electron chi connectivity index (χ2n) is 5.22. The number of hydrogen-bond donors (Lipinski definition) is 0. The topological polar surface area (TPSA) is 40.6 Å². The van der Waals surface area contributed by atoms with Crippen molar-refractivity contribution in [2.24, 2.45) is 0 Å². The van der Waals surface area contributed by atoms with Crippen molar-refractivity contribution < 1.29 is 8.42 Å². The molecule has 1 aromatic heterocycles. The van der Waals surface area contributed by atoms with Gasteiger partial charge in [0.2, 0.25) is 0 Å². The van der Waals surface area contributed by atoms with Crippen molar-refractivity contribution >= 4 is 33.0 Å². The summed E-state index contributed by atoms with van der Waals surface area (Å²) in [6, 6.07) is 3.88. The number of aryl methyl sites for hydroxylation is 1. The fraction of sp³-hybridized carbons (Fsp3) is 0.692. The van der Waals surface area contributed by atoms with E-state index in [2.05, 4.69) is 11.9 Å². The quantitative estimate of drug-likeness (QED) is 0.748. The van der Waals surface area contributed by atoms with Crippen LogP contribution < -0.4 is 0 Å². The Morgan fingerprint density at radius 2 is 2.25 bits per heavy atom. The Kier molecular flexibility index (Phi) is 5.48. The SMILES string of the molecule is CN1CCCC1CN(C)S(=O)(=O)c1ccc(CCCl)s1. The first-order chi connectivity index (χ1) is 9.45. The molecule has 1 aliphatic heterocycles. The van der Waals surface area contributed by atoms with E-state index in [-0.39, 0.29) is 0 Å². The smallest absolute Gasteiger partial charge is 0.252 e. The van der Waals surface area contributed by atoms with Gasteiger partial charge in [0.1, 0.15) is 4.21 Å². The molecular formula is C13H21ClN2O2S2. The molecule has 1 atom stereocenters. The lowest BCUT2D eigenvalue weighted by molar-refractivity contribution is 0.271. The van der Waals surface area contributed by atoms with Crippen molar-refractivity contribution in [1.29, 1.82) is 0 Å². The second-order valence-corrected chi connectivity index (χ2v) is 9.04. The molecule has 1 unspecified atom stereocenters. The van der Waals surface area contributed by atoms with Crippen molar-refractivity contribution in [3.63, 3.8) is 0 Å². The van der Waals surface area contributed by atoms with Crippen LogP contribution in [0.1, 0.15) is 17.7 Å². The van der Waals surface area contributed by atoms with Gasteiger partial charge in [-0.05, 0) is 45.0 Å². The Hall–Kier alpha value is -0.140. The molecule has 1 aliphatic rings. The van der Waals surface area contributed by atoms with Gasteiger partial charge in [-0.2, -0.15) is 4.31 Å². The molecule has 1 aromatic rings. The van der Waals surface area contributed by atoms with E-state index in [1.54, 1.807) is 13.1 Å². The Labute approximate surface area is 130 Å². The first kappa shape index (κ1) is 16.2. The van der Waals surface area contributed by atoms with E-state index in [4.69, 9.17) is 11.6 Å². The zero-order valence-corrected chi connectivity index (χ0v) is 14.3. The maximum absolute atomic E-state index is 12.5. The minimum atomic E-state index is -3.37. The number of likely N-dealkylation sites (tertiary alicyclic amines) is 1. The predicted molar refractivity (Wildman–Crippen MR) is 84.2 cm³/mol. The van der Waals surface area contributed by atoms with Crippen molar-refractivity contribution in [2.75, 3.05) is 33.1 Å². The molecule has 0 radical (unpaired) electrons. The Balaban J connectivity index is 2.08. The fourth-order valence-corrected chi connectivity index (χ4v) is 5.57. The highest BCUT2D eigenvalue weighted by molar-refractivity contribution is 7.91. The third kappa shape index (κ3) is 3.54. The molecule has 0 spiro atoms. The Bertz CT molecular complexity index is 544. The first-order valence-electron chi connectivity index (χ1n) is 6.76. The van der Waals surface area contributed by atoms with E-state index >= 15 is 0 Å². The van der Waals surface area contributed by atoms with Crippen molar-refractivity contribution in [1.82, 2.24) is 9.21 Å². The van der Waals surface area contributed by atoms with Crippen LogP contribution in [0.4, 0.5) is 0 Å². The van der Waals surface area contributed by atoms with Gasteiger partial charge in [0.15, 0.2) is 0 Å². The summed E-state index contributed by atoms with van der Waals surface area (Å²) in [7, 11) is 0.361. The van der Waals surface area contributed by atoms with Gasteiger partial charge in [-0.1, -0.05) is 0 Å². The third-order valence-corrected chi connectivity index (χ3v) is 7.41. The van der Waals surface area contributed by atoms with Gasteiger partial charge in [-0.15, -0.1) is 22.9 Å². The molecule has 4 nitrogen and oxygen atoms in total. The largest absolute Gasteiger partial charge is 0.302 e. The van der Waals surface area contributed by atoms with Gasteiger partial charge in [-0.3, -0.25) is 0 Å². The standard InChI is InChI=1S/C13H21ClN2O2S2/c1-15-9-3-4-11(15)10-16(2)20(17,18)13-6-5-12(19-13)7-8-14/h5-6,11H,3-4,7-10H2,1-2H3. The summed E-state index contributed by atoms with van der Waals surface area (Å²) in [4.78, 5) is 3.25. The summed E-state index contributed by atoms with van der Waals surface area (Å²) in [5.74, 6) is 0.517. The third-order valence-electron chi connectivity index (χ3n) is 3.78. The van der Waals surface area contributed by atoms with Crippen molar-refractivity contribution in [3.8, 4) is 0 Å². The highest BCUT2D eigenvalue weighted by Gasteiger charge is 2.28. The van der Waals surface area contributed by atoms with Crippen LogP contribution in [0.15, 0.2) is 16.3 Å². The van der Waals surface area contributed by atoms with Crippen LogP contribution in [-0.2, 0) is 16.4 Å². The van der Waals surface area contributed by atoms with Crippen LogP contribution in [0, 0.1) is 0 Å². The van der Waals surface area contributed by atoms with Gasteiger partial charge in [0.05, 0.1) is 0 Å². The lowest BCUT2D eigenvalue weighted by atomic mass is 10.2. The lowest BCUT2D eigenvalue weighted by Gasteiger charge is -2.24. The fourth-order valence-electron chi connectivity index (χ4n) is 2.48. The van der Waals surface area contributed by atoms with Crippen LogP contribution in [0.25, 0.3) is 0 Å². The number of nitrogens with zero attached hydrogens (tertiary/aromatic N) is 2. The summed E-state index contributed by atoms with van der Waals surface area (Å²) in [6.45, 7) is 1.61. The van der Waals surface area contributed by atoms with E-state index in [0.717, 1.165) is 30.7 Å². The highest BCUT2D eigenvalue weighted by Crippen LogP contribution is 2.26. The van der Waals surface area contributed by atoms with E-state index in [1.165, 1.54) is 15.6 Å². The minimum absolute atomic E-state index is 0.331. The average Bonchev–Trinajstić information content (AvgIpc) is 3.00. The molecule has 7 heteroatoms. The number of thiophene rings is 1. The Morgan fingerprint density at radius 3 is 2.85 bits per heavy atom. The molecular weight excluding hydrogens is 316 g/mol. The van der Waals surface area contributed by atoms with Gasteiger partial charge < -0.3 is 4.90 Å². The molecule has 1 fully saturated rings. The van der Waals surface area contributed by atoms with Crippen molar-refractivity contribution in [2.45, 2.75) is 29.5 Å². The molecule has 0 aromatic carbocycles. The van der Waals surface area contributed by atoms with Gasteiger partial charge in [0.25, 0.3) is 10.0 Å². The predicted octanol–water partition coefficient (Wildman–Crippen LogP) is 2.24. The number of alkyl halides is 1. The highest BCUT2D eigenvalue weighted by atomic mass is 35.5. The summed E-state index contributed by atoms with van der Waals surface area (Å²) in [5, 5.41) is 0. The van der Waals surface area contributed by atoms with Crippen LogP contribution in [-0.4, -0.2) is 56.7 Å². The number of likely N-dealkylation sites (N-methyl/N-ethyl adjacent to an activating group) is 2. The van der Waals surface area contributed by atoms with E-state index in [1.807, 2.05) is 6.07 Å². The summed E-state index contributed by atoms with van der Waals surface area (Å²) in [5.41, 5.74) is 0. The molecule has 1 saturated heterocycles. The molecule has 114 valence electrons. The maximum atomic E-state index is 12.5. The maximum Gasteiger partial charge on any atom is 0.252 e.